The number of hydrogen-bond donors (Lipinski definition) is 1. The second kappa shape index (κ2) is 5.34. The number of nitrogens with two attached hydrogens (primary N) is 1. The maximum absolute atomic E-state index is 11.8. The topological polar surface area (TPSA) is 87.2 Å². The van der Waals surface area contributed by atoms with Gasteiger partial charge in [-0.3, -0.25) is 4.79 Å². The van der Waals surface area contributed by atoms with Crippen molar-refractivity contribution in [3.05, 3.63) is 42.5 Å². The molecule has 6 heteroatoms. The van der Waals surface area contributed by atoms with Crippen LogP contribution in [0.15, 0.2) is 36.9 Å². The monoisotopic (exact) mass is 259 g/mol. The Bertz CT molecular complexity index is 606. The third-order valence-electron chi connectivity index (χ3n) is 2.54. The molecule has 0 fully saturated rings. The fourth-order valence-electron chi connectivity index (χ4n) is 1.64. The van der Waals surface area contributed by atoms with Crippen molar-refractivity contribution in [1.29, 1.82) is 0 Å². The molecule has 6 nitrogen and oxygen atoms in total. The fraction of sp³-hybridized carbons (Fsp3) is 0.154. The summed E-state index contributed by atoms with van der Waals surface area (Å²) in [6.07, 6.45) is 5.00. The molecular formula is C13H13N3O3. The van der Waals surface area contributed by atoms with Crippen LogP contribution < -0.4 is 5.73 Å². The number of hydrogen-bond acceptors (Lipinski definition) is 5. The van der Waals surface area contributed by atoms with E-state index in [1.807, 2.05) is 0 Å². The van der Waals surface area contributed by atoms with Gasteiger partial charge in [0.15, 0.2) is 0 Å². The van der Waals surface area contributed by atoms with Crippen molar-refractivity contribution in [2.45, 2.75) is 6.92 Å². The van der Waals surface area contributed by atoms with E-state index in [0.717, 1.165) is 5.69 Å². The van der Waals surface area contributed by atoms with E-state index < -0.39 is 11.8 Å². The first-order valence-corrected chi connectivity index (χ1v) is 5.72. The van der Waals surface area contributed by atoms with E-state index in [2.05, 4.69) is 9.72 Å². The molecule has 0 aliphatic carbocycles. The highest BCUT2D eigenvalue weighted by molar-refractivity contribution is 6.41. The molecule has 0 amide bonds. The molecule has 2 rings (SSSR count). The molecule has 0 unspecified atom stereocenters. The van der Waals surface area contributed by atoms with Crippen LogP contribution in [0.4, 0.5) is 5.69 Å². The van der Waals surface area contributed by atoms with Crippen molar-refractivity contribution >= 4 is 17.4 Å². The highest BCUT2D eigenvalue weighted by Gasteiger charge is 2.20. The first-order chi connectivity index (χ1) is 9.13. The molecule has 0 aliphatic rings. The third kappa shape index (κ3) is 2.62. The summed E-state index contributed by atoms with van der Waals surface area (Å²) in [5, 5.41) is 0. The predicted octanol–water partition coefficient (Wildman–Crippen LogP) is 1.20. The summed E-state index contributed by atoms with van der Waals surface area (Å²) >= 11 is 0. The van der Waals surface area contributed by atoms with Gasteiger partial charge in [-0.2, -0.15) is 0 Å². The third-order valence-corrected chi connectivity index (χ3v) is 2.54. The van der Waals surface area contributed by atoms with Crippen LogP contribution in [-0.4, -0.2) is 27.9 Å². The molecule has 2 aromatic rings. The number of imidazole rings is 1. The number of anilines is 1. The Morgan fingerprint density at radius 2 is 2.21 bits per heavy atom. The van der Waals surface area contributed by atoms with Crippen molar-refractivity contribution in [3.8, 4) is 5.69 Å². The molecule has 0 saturated heterocycles. The minimum atomic E-state index is -0.899. The Kier molecular flexibility index (Phi) is 3.61. The zero-order chi connectivity index (χ0) is 13.8. The summed E-state index contributed by atoms with van der Waals surface area (Å²) in [7, 11) is 0. The number of benzene rings is 1. The Morgan fingerprint density at radius 3 is 2.79 bits per heavy atom. The van der Waals surface area contributed by atoms with E-state index in [1.54, 1.807) is 42.3 Å². The molecule has 2 N–H and O–H groups in total. The lowest BCUT2D eigenvalue weighted by Gasteiger charge is -2.07. The number of nitrogens with zero attached hydrogens (tertiary/aromatic N) is 2. The molecule has 0 atom stereocenters. The van der Waals surface area contributed by atoms with Gasteiger partial charge in [-0.1, -0.05) is 0 Å². The van der Waals surface area contributed by atoms with Crippen molar-refractivity contribution < 1.29 is 14.3 Å². The molecule has 19 heavy (non-hydrogen) atoms. The van der Waals surface area contributed by atoms with Crippen LogP contribution in [0.25, 0.3) is 5.69 Å². The Morgan fingerprint density at radius 1 is 1.42 bits per heavy atom. The number of carbonyl (C=O) groups is 2. The summed E-state index contributed by atoms with van der Waals surface area (Å²) in [6, 6.07) is 4.79. The normalized spacial score (nSPS) is 10.2. The van der Waals surface area contributed by atoms with Gasteiger partial charge in [0, 0.05) is 23.8 Å². The van der Waals surface area contributed by atoms with Gasteiger partial charge in [0.2, 0.25) is 0 Å². The number of carbonyl (C=O) groups excluding carboxylic acids is 2. The van der Waals surface area contributed by atoms with E-state index in [4.69, 9.17) is 5.73 Å². The lowest BCUT2D eigenvalue weighted by Crippen LogP contribution is -2.19. The van der Waals surface area contributed by atoms with Crippen molar-refractivity contribution in [3.63, 3.8) is 0 Å². The van der Waals surface area contributed by atoms with Gasteiger partial charge in [-0.25, -0.2) is 9.78 Å². The van der Waals surface area contributed by atoms with Crippen LogP contribution in [0.1, 0.15) is 17.3 Å². The Labute approximate surface area is 109 Å². The van der Waals surface area contributed by atoms with Crippen molar-refractivity contribution in [1.82, 2.24) is 9.55 Å². The molecule has 0 spiro atoms. The van der Waals surface area contributed by atoms with E-state index in [-0.39, 0.29) is 17.9 Å². The number of esters is 1. The molecule has 1 aromatic carbocycles. The van der Waals surface area contributed by atoms with Crippen molar-refractivity contribution in [2.24, 2.45) is 0 Å². The average molecular weight is 259 g/mol. The minimum Gasteiger partial charge on any atom is -0.460 e. The van der Waals surface area contributed by atoms with E-state index in [0.29, 0.717) is 0 Å². The lowest BCUT2D eigenvalue weighted by molar-refractivity contribution is -0.137. The second-order valence-electron chi connectivity index (χ2n) is 3.79. The molecule has 0 saturated carbocycles. The summed E-state index contributed by atoms with van der Waals surface area (Å²) in [6.45, 7) is 1.79. The maximum atomic E-state index is 11.8. The number of ether oxygens (including phenoxy) is 1. The average Bonchev–Trinajstić information content (AvgIpc) is 2.92. The van der Waals surface area contributed by atoms with Crippen LogP contribution >= 0.6 is 0 Å². The summed E-state index contributed by atoms with van der Waals surface area (Å²) in [5.74, 6) is -1.64. The summed E-state index contributed by atoms with van der Waals surface area (Å²) in [4.78, 5) is 27.1. The Hall–Kier alpha value is -2.63. The van der Waals surface area contributed by atoms with Gasteiger partial charge in [-0.15, -0.1) is 0 Å². The maximum Gasteiger partial charge on any atom is 0.379 e. The summed E-state index contributed by atoms with van der Waals surface area (Å²) in [5.41, 5.74) is 6.93. The van der Waals surface area contributed by atoms with E-state index in [1.165, 1.54) is 6.07 Å². The first kappa shape index (κ1) is 12.8. The van der Waals surface area contributed by atoms with Gasteiger partial charge in [0.1, 0.15) is 0 Å². The lowest BCUT2D eigenvalue weighted by atomic mass is 10.1. The molecule has 98 valence electrons. The molecule has 0 radical (unpaired) electrons. The van der Waals surface area contributed by atoms with Crippen LogP contribution in [0, 0.1) is 0 Å². The zero-order valence-corrected chi connectivity index (χ0v) is 10.4. The van der Waals surface area contributed by atoms with Crippen LogP contribution in [0.3, 0.4) is 0 Å². The van der Waals surface area contributed by atoms with Gasteiger partial charge < -0.3 is 15.0 Å². The predicted molar refractivity (Wildman–Crippen MR) is 68.9 cm³/mol. The van der Waals surface area contributed by atoms with Gasteiger partial charge in [0.05, 0.1) is 18.5 Å². The highest BCUT2D eigenvalue weighted by atomic mass is 16.5. The molecule has 0 aliphatic heterocycles. The number of ketones is 1. The van der Waals surface area contributed by atoms with Crippen LogP contribution in [-0.2, 0) is 9.53 Å². The molecule has 1 heterocycles. The number of nitrogen functional groups attached to an aromatic ring is 1. The largest absolute Gasteiger partial charge is 0.460 e. The molecular weight excluding hydrogens is 246 g/mol. The molecule has 1 aromatic heterocycles. The number of rotatable bonds is 4. The second-order valence-corrected chi connectivity index (χ2v) is 3.79. The Balaban J connectivity index is 2.30. The minimum absolute atomic E-state index is 0.141. The molecule has 0 bridgehead atoms. The van der Waals surface area contributed by atoms with E-state index >= 15 is 0 Å². The summed E-state index contributed by atoms with van der Waals surface area (Å²) < 4.78 is 6.40. The smallest absolute Gasteiger partial charge is 0.379 e. The number of aromatic nitrogens is 2. The van der Waals surface area contributed by atoms with Gasteiger partial charge >= 0.3 is 5.97 Å². The van der Waals surface area contributed by atoms with Gasteiger partial charge in [0.25, 0.3) is 5.78 Å². The fourth-order valence-corrected chi connectivity index (χ4v) is 1.64. The first-order valence-electron chi connectivity index (χ1n) is 5.72. The zero-order valence-electron chi connectivity index (χ0n) is 10.4. The van der Waals surface area contributed by atoms with Crippen molar-refractivity contribution in [2.75, 3.05) is 12.3 Å². The van der Waals surface area contributed by atoms with Crippen LogP contribution in [0.5, 0.6) is 0 Å². The number of Topliss-reactive ketones (excluding diaryl/α,β-unsaturated/α-hetero) is 1. The van der Waals surface area contributed by atoms with E-state index in [9.17, 15) is 9.59 Å². The highest BCUT2D eigenvalue weighted by Crippen LogP contribution is 2.18. The van der Waals surface area contributed by atoms with Gasteiger partial charge in [-0.05, 0) is 25.1 Å². The standard InChI is InChI=1S/C13H13N3O3/c1-2-19-13(18)12(17)10-4-3-9(7-11(10)14)16-6-5-15-8-16/h3-8H,2,14H2,1H3. The SMILES string of the molecule is CCOC(=O)C(=O)c1ccc(-n2ccnc2)cc1N. The quantitative estimate of drug-likeness (QED) is 0.386. The van der Waals surface area contributed by atoms with Crippen LogP contribution in [0.2, 0.25) is 0 Å².